The average molecular weight is 779 g/mol. The molecule has 0 aromatic carbocycles. The lowest BCUT2D eigenvalue weighted by Gasteiger charge is -2.18. The summed E-state index contributed by atoms with van der Waals surface area (Å²) in [6.45, 7) is 8.97. The lowest BCUT2D eigenvalue weighted by molar-refractivity contribution is -0.167. The van der Waals surface area contributed by atoms with Crippen molar-refractivity contribution in [1.29, 1.82) is 0 Å². The van der Waals surface area contributed by atoms with E-state index in [1.54, 1.807) is 0 Å². The third-order valence-corrected chi connectivity index (χ3v) is 11.0. The van der Waals surface area contributed by atoms with E-state index in [0.29, 0.717) is 19.3 Å². The largest absolute Gasteiger partial charge is 0.462 e. The van der Waals surface area contributed by atoms with Gasteiger partial charge < -0.3 is 14.2 Å². The van der Waals surface area contributed by atoms with Crippen LogP contribution in [0.15, 0.2) is 0 Å². The maximum atomic E-state index is 12.6. The second-order valence-corrected chi connectivity index (χ2v) is 17.2. The highest BCUT2D eigenvalue weighted by molar-refractivity contribution is 5.71. The normalized spacial score (nSPS) is 11.9. The van der Waals surface area contributed by atoms with Crippen LogP contribution in [-0.2, 0) is 28.6 Å². The van der Waals surface area contributed by atoms with Gasteiger partial charge in [0.15, 0.2) is 6.10 Å². The van der Waals surface area contributed by atoms with Crippen molar-refractivity contribution in [3.8, 4) is 0 Å². The fourth-order valence-electron chi connectivity index (χ4n) is 7.33. The minimum atomic E-state index is -0.757. The van der Waals surface area contributed by atoms with Crippen LogP contribution in [0, 0.1) is 5.92 Å². The van der Waals surface area contributed by atoms with Crippen LogP contribution >= 0.6 is 0 Å². The Balaban J connectivity index is 4.08. The van der Waals surface area contributed by atoms with E-state index in [9.17, 15) is 14.4 Å². The first-order valence-corrected chi connectivity index (χ1v) is 24.4. The molecule has 0 heterocycles. The van der Waals surface area contributed by atoms with Gasteiger partial charge in [-0.2, -0.15) is 0 Å². The molecule has 0 aliphatic rings. The average Bonchev–Trinajstić information content (AvgIpc) is 3.17. The third kappa shape index (κ3) is 43.4. The molecule has 0 spiro atoms. The maximum absolute atomic E-state index is 12.6. The van der Waals surface area contributed by atoms with Crippen molar-refractivity contribution >= 4 is 17.9 Å². The zero-order chi connectivity index (χ0) is 40.3. The number of hydrogen-bond acceptors (Lipinski definition) is 6. The molecule has 0 aliphatic carbocycles. The van der Waals surface area contributed by atoms with E-state index in [1.807, 2.05) is 0 Å². The number of rotatable bonds is 44. The Morgan fingerprint density at radius 1 is 0.345 bits per heavy atom. The van der Waals surface area contributed by atoms with Gasteiger partial charge in [-0.25, -0.2) is 0 Å². The van der Waals surface area contributed by atoms with Gasteiger partial charge in [-0.3, -0.25) is 14.4 Å². The van der Waals surface area contributed by atoms with Crippen molar-refractivity contribution in [1.82, 2.24) is 0 Å². The van der Waals surface area contributed by atoms with Gasteiger partial charge in [-0.05, 0) is 25.2 Å². The van der Waals surface area contributed by atoms with E-state index in [2.05, 4.69) is 27.7 Å². The van der Waals surface area contributed by atoms with Gasteiger partial charge in [0.2, 0.25) is 0 Å². The molecule has 0 aliphatic heterocycles. The Morgan fingerprint density at radius 2 is 0.600 bits per heavy atom. The molecule has 0 fully saturated rings. The summed E-state index contributed by atoms with van der Waals surface area (Å²) < 4.78 is 16.7. The molecule has 0 aromatic heterocycles. The van der Waals surface area contributed by atoms with Crippen LogP contribution in [0.3, 0.4) is 0 Å². The third-order valence-electron chi connectivity index (χ3n) is 11.0. The fourth-order valence-corrected chi connectivity index (χ4v) is 7.33. The SMILES string of the molecule is CCCCCCCCCCCC(=O)O[C@@H](COC(=O)CCCCCCCCC)COC(=O)CCCCCCCCCCCCCCCCCCCCC(C)C. The van der Waals surface area contributed by atoms with Crippen LogP contribution in [0.25, 0.3) is 0 Å². The highest BCUT2D eigenvalue weighted by atomic mass is 16.6. The summed E-state index contributed by atoms with van der Waals surface area (Å²) >= 11 is 0. The minimum absolute atomic E-state index is 0.0638. The number of ether oxygens (including phenoxy) is 3. The summed E-state index contributed by atoms with van der Waals surface area (Å²) in [4.78, 5) is 37.6. The molecule has 55 heavy (non-hydrogen) atoms. The van der Waals surface area contributed by atoms with Crippen molar-refractivity contribution in [2.75, 3.05) is 13.2 Å². The first-order valence-electron chi connectivity index (χ1n) is 24.4. The first kappa shape index (κ1) is 53.4. The molecule has 0 saturated carbocycles. The summed E-state index contributed by atoms with van der Waals surface area (Å²) in [7, 11) is 0. The highest BCUT2D eigenvalue weighted by Crippen LogP contribution is 2.17. The number of esters is 3. The Kier molecular flexibility index (Phi) is 42.3. The Morgan fingerprint density at radius 3 is 0.891 bits per heavy atom. The minimum Gasteiger partial charge on any atom is -0.462 e. The van der Waals surface area contributed by atoms with Crippen molar-refractivity contribution in [3.63, 3.8) is 0 Å². The van der Waals surface area contributed by atoms with Crippen LogP contribution in [-0.4, -0.2) is 37.2 Å². The summed E-state index contributed by atoms with van der Waals surface area (Å²) in [5, 5.41) is 0. The number of unbranched alkanes of at least 4 members (excludes halogenated alkanes) is 31. The molecule has 0 N–H and O–H groups in total. The molecular formula is C49H94O6. The smallest absolute Gasteiger partial charge is 0.306 e. The van der Waals surface area contributed by atoms with Crippen LogP contribution < -0.4 is 0 Å². The molecular weight excluding hydrogens is 685 g/mol. The van der Waals surface area contributed by atoms with Gasteiger partial charge in [0, 0.05) is 19.3 Å². The molecule has 0 bridgehead atoms. The van der Waals surface area contributed by atoms with Gasteiger partial charge >= 0.3 is 17.9 Å². The zero-order valence-electron chi connectivity index (χ0n) is 37.4. The molecule has 1 atom stereocenters. The van der Waals surface area contributed by atoms with Gasteiger partial charge in [0.05, 0.1) is 0 Å². The van der Waals surface area contributed by atoms with Crippen LogP contribution in [0.1, 0.15) is 272 Å². The molecule has 0 rings (SSSR count). The molecule has 6 nitrogen and oxygen atoms in total. The van der Waals surface area contributed by atoms with Crippen molar-refractivity contribution in [2.45, 2.75) is 278 Å². The topological polar surface area (TPSA) is 78.9 Å². The molecule has 0 saturated heterocycles. The van der Waals surface area contributed by atoms with E-state index >= 15 is 0 Å². The second-order valence-electron chi connectivity index (χ2n) is 17.2. The summed E-state index contributed by atoms with van der Waals surface area (Å²) in [6, 6.07) is 0. The quantitative estimate of drug-likeness (QED) is 0.0348. The second kappa shape index (κ2) is 43.5. The molecule has 0 unspecified atom stereocenters. The van der Waals surface area contributed by atoms with E-state index in [-0.39, 0.29) is 31.1 Å². The van der Waals surface area contributed by atoms with Crippen LogP contribution in [0.5, 0.6) is 0 Å². The van der Waals surface area contributed by atoms with E-state index in [4.69, 9.17) is 14.2 Å². The van der Waals surface area contributed by atoms with Crippen molar-refractivity contribution in [2.24, 2.45) is 5.92 Å². The fraction of sp³-hybridized carbons (Fsp3) is 0.939. The van der Waals surface area contributed by atoms with E-state index in [0.717, 1.165) is 63.7 Å². The Bertz CT molecular complexity index is 826. The van der Waals surface area contributed by atoms with E-state index in [1.165, 1.54) is 167 Å². The molecule has 0 amide bonds. The van der Waals surface area contributed by atoms with Crippen LogP contribution in [0.4, 0.5) is 0 Å². The standard InChI is InChI=1S/C49H94O6/c1-5-7-9-11-13-24-30-34-38-42-49(52)55-46(43-53-47(50)40-36-32-27-12-10-8-6-2)44-54-48(51)41-37-33-29-26-23-21-19-17-15-14-16-18-20-22-25-28-31-35-39-45(3)4/h45-46H,5-44H2,1-4H3/t46-/m0/s1. The summed E-state index contributed by atoms with van der Waals surface area (Å²) in [5.41, 5.74) is 0. The maximum Gasteiger partial charge on any atom is 0.306 e. The summed E-state index contributed by atoms with van der Waals surface area (Å²) in [6.07, 6.45) is 44.0. The van der Waals surface area contributed by atoms with Gasteiger partial charge in [-0.1, -0.05) is 233 Å². The molecule has 0 aromatic rings. The summed E-state index contributed by atoms with van der Waals surface area (Å²) in [5.74, 6) is -0.000367. The lowest BCUT2D eigenvalue weighted by atomic mass is 10.0. The monoisotopic (exact) mass is 779 g/mol. The van der Waals surface area contributed by atoms with Gasteiger partial charge in [0.25, 0.3) is 0 Å². The molecule has 6 heteroatoms. The Hall–Kier alpha value is -1.59. The zero-order valence-corrected chi connectivity index (χ0v) is 37.4. The predicted molar refractivity (Wildman–Crippen MR) is 233 cm³/mol. The molecule has 326 valence electrons. The Labute approximate surface area is 342 Å². The van der Waals surface area contributed by atoms with Crippen LogP contribution in [0.2, 0.25) is 0 Å². The predicted octanol–water partition coefficient (Wildman–Crippen LogP) is 15.5. The van der Waals surface area contributed by atoms with Gasteiger partial charge in [-0.15, -0.1) is 0 Å². The number of carbonyl (C=O) groups is 3. The van der Waals surface area contributed by atoms with Crippen molar-refractivity contribution in [3.05, 3.63) is 0 Å². The van der Waals surface area contributed by atoms with E-state index < -0.39 is 6.10 Å². The molecule has 0 radical (unpaired) electrons. The lowest BCUT2D eigenvalue weighted by Crippen LogP contribution is -2.30. The van der Waals surface area contributed by atoms with Gasteiger partial charge in [0.1, 0.15) is 13.2 Å². The first-order chi connectivity index (χ1) is 26.9. The number of hydrogen-bond donors (Lipinski definition) is 0. The number of carbonyl (C=O) groups excluding carboxylic acids is 3. The van der Waals surface area contributed by atoms with Crippen molar-refractivity contribution < 1.29 is 28.6 Å². The highest BCUT2D eigenvalue weighted by Gasteiger charge is 2.19.